The Morgan fingerprint density at radius 3 is 2.72 bits per heavy atom. The van der Waals surface area contributed by atoms with E-state index in [2.05, 4.69) is 56.4 Å². The molecule has 0 radical (unpaired) electrons. The zero-order valence-electron chi connectivity index (χ0n) is 11.8. The Hall–Kier alpha value is -0.860. The summed E-state index contributed by atoms with van der Waals surface area (Å²) in [7, 11) is 0. The molecule has 0 amide bonds. The molecule has 0 saturated carbocycles. The highest BCUT2D eigenvalue weighted by Gasteiger charge is 2.29. The summed E-state index contributed by atoms with van der Waals surface area (Å²) in [5, 5.41) is 3.74. The van der Waals surface area contributed by atoms with Gasteiger partial charge in [-0.05, 0) is 45.6 Å². The molecule has 1 aromatic rings. The van der Waals surface area contributed by atoms with E-state index in [0.717, 1.165) is 25.9 Å². The predicted molar refractivity (Wildman–Crippen MR) is 75.8 cm³/mol. The third-order valence-corrected chi connectivity index (χ3v) is 3.60. The van der Waals surface area contributed by atoms with Gasteiger partial charge in [-0.3, -0.25) is 0 Å². The van der Waals surface area contributed by atoms with Crippen molar-refractivity contribution >= 4 is 0 Å². The SMILES string of the molecule is C[C@H](Cc1ccccc1)N[C@@H]1CCOC(C)(C)C1. The molecule has 0 spiro atoms. The van der Waals surface area contributed by atoms with Crippen molar-refractivity contribution in [2.24, 2.45) is 0 Å². The van der Waals surface area contributed by atoms with Crippen LogP contribution in [0.4, 0.5) is 0 Å². The summed E-state index contributed by atoms with van der Waals surface area (Å²) in [6, 6.07) is 11.8. The Morgan fingerprint density at radius 2 is 2.06 bits per heavy atom. The summed E-state index contributed by atoms with van der Waals surface area (Å²) in [5.74, 6) is 0. The third kappa shape index (κ3) is 4.11. The zero-order valence-corrected chi connectivity index (χ0v) is 11.8. The summed E-state index contributed by atoms with van der Waals surface area (Å²) < 4.78 is 5.76. The van der Waals surface area contributed by atoms with E-state index in [0.29, 0.717) is 12.1 Å². The first-order chi connectivity index (χ1) is 8.55. The zero-order chi connectivity index (χ0) is 13.0. The normalized spacial score (nSPS) is 24.7. The van der Waals surface area contributed by atoms with Gasteiger partial charge in [-0.25, -0.2) is 0 Å². The summed E-state index contributed by atoms with van der Waals surface area (Å²) in [6.07, 6.45) is 3.33. The average molecular weight is 247 g/mol. The van der Waals surface area contributed by atoms with E-state index >= 15 is 0 Å². The number of hydrogen-bond acceptors (Lipinski definition) is 2. The molecule has 2 rings (SSSR count). The molecule has 2 heteroatoms. The van der Waals surface area contributed by atoms with Gasteiger partial charge in [-0.2, -0.15) is 0 Å². The van der Waals surface area contributed by atoms with Crippen LogP contribution < -0.4 is 5.32 Å². The van der Waals surface area contributed by atoms with Crippen LogP contribution in [-0.2, 0) is 11.2 Å². The number of nitrogens with one attached hydrogen (secondary N) is 1. The van der Waals surface area contributed by atoms with Crippen LogP contribution in [0.3, 0.4) is 0 Å². The summed E-state index contributed by atoms with van der Waals surface area (Å²) >= 11 is 0. The molecule has 0 bridgehead atoms. The lowest BCUT2D eigenvalue weighted by Gasteiger charge is -2.37. The average Bonchev–Trinajstić information content (AvgIpc) is 2.28. The van der Waals surface area contributed by atoms with Crippen LogP contribution >= 0.6 is 0 Å². The molecule has 1 aromatic carbocycles. The van der Waals surface area contributed by atoms with Crippen molar-refractivity contribution in [2.45, 2.75) is 57.7 Å². The second-order valence-corrected chi connectivity index (χ2v) is 6.06. The van der Waals surface area contributed by atoms with Gasteiger partial charge in [0.1, 0.15) is 0 Å². The lowest BCUT2D eigenvalue weighted by Crippen LogP contribution is -2.47. The van der Waals surface area contributed by atoms with Crippen molar-refractivity contribution in [3.8, 4) is 0 Å². The van der Waals surface area contributed by atoms with Crippen LogP contribution in [0.25, 0.3) is 0 Å². The number of rotatable bonds is 4. The third-order valence-electron chi connectivity index (χ3n) is 3.60. The van der Waals surface area contributed by atoms with Gasteiger partial charge in [0.25, 0.3) is 0 Å². The molecular weight excluding hydrogens is 222 g/mol. The lowest BCUT2D eigenvalue weighted by atomic mass is 9.93. The Kier molecular flexibility index (Phi) is 4.41. The fourth-order valence-electron chi connectivity index (χ4n) is 2.80. The smallest absolute Gasteiger partial charge is 0.0641 e. The molecule has 1 aliphatic heterocycles. The first-order valence-corrected chi connectivity index (χ1v) is 6.99. The fourth-order valence-corrected chi connectivity index (χ4v) is 2.80. The van der Waals surface area contributed by atoms with Crippen LogP contribution in [0.15, 0.2) is 30.3 Å². The van der Waals surface area contributed by atoms with Crippen LogP contribution in [0.5, 0.6) is 0 Å². The van der Waals surface area contributed by atoms with Crippen LogP contribution in [-0.4, -0.2) is 24.3 Å². The summed E-state index contributed by atoms with van der Waals surface area (Å²) in [4.78, 5) is 0. The van der Waals surface area contributed by atoms with Gasteiger partial charge >= 0.3 is 0 Å². The first-order valence-electron chi connectivity index (χ1n) is 6.99. The Bertz CT molecular complexity index is 361. The van der Waals surface area contributed by atoms with Gasteiger partial charge in [0.05, 0.1) is 5.60 Å². The van der Waals surface area contributed by atoms with Gasteiger partial charge in [-0.1, -0.05) is 30.3 Å². The second-order valence-electron chi connectivity index (χ2n) is 6.06. The summed E-state index contributed by atoms with van der Waals surface area (Å²) in [5.41, 5.74) is 1.44. The standard InChI is InChI=1S/C16H25NO/c1-13(11-14-7-5-4-6-8-14)17-15-9-10-18-16(2,3)12-15/h4-8,13,15,17H,9-12H2,1-3H3/t13-,15-/m1/s1. The quantitative estimate of drug-likeness (QED) is 0.882. The Labute approximate surface area is 111 Å². The molecule has 1 aliphatic rings. The number of ether oxygens (including phenoxy) is 1. The van der Waals surface area contributed by atoms with E-state index < -0.39 is 0 Å². The number of benzene rings is 1. The van der Waals surface area contributed by atoms with Gasteiger partial charge < -0.3 is 10.1 Å². The molecule has 1 saturated heterocycles. The molecule has 2 nitrogen and oxygen atoms in total. The van der Waals surface area contributed by atoms with E-state index in [-0.39, 0.29) is 5.60 Å². The van der Waals surface area contributed by atoms with E-state index in [1.807, 2.05) is 0 Å². The summed E-state index contributed by atoms with van der Waals surface area (Å²) in [6.45, 7) is 7.52. The maximum Gasteiger partial charge on any atom is 0.0641 e. The predicted octanol–water partition coefficient (Wildman–Crippen LogP) is 3.16. The van der Waals surface area contributed by atoms with E-state index in [1.165, 1.54) is 5.56 Å². The van der Waals surface area contributed by atoms with Gasteiger partial charge in [-0.15, -0.1) is 0 Å². The highest BCUT2D eigenvalue weighted by Crippen LogP contribution is 2.24. The van der Waals surface area contributed by atoms with Crippen molar-refractivity contribution in [3.05, 3.63) is 35.9 Å². The lowest BCUT2D eigenvalue weighted by molar-refractivity contribution is -0.0639. The Morgan fingerprint density at radius 1 is 1.33 bits per heavy atom. The van der Waals surface area contributed by atoms with E-state index in [9.17, 15) is 0 Å². The first kappa shape index (κ1) is 13.6. The largest absolute Gasteiger partial charge is 0.375 e. The van der Waals surface area contributed by atoms with Crippen molar-refractivity contribution in [2.75, 3.05) is 6.61 Å². The highest BCUT2D eigenvalue weighted by molar-refractivity contribution is 5.15. The van der Waals surface area contributed by atoms with Gasteiger partial charge in [0.15, 0.2) is 0 Å². The fraction of sp³-hybridized carbons (Fsp3) is 0.625. The van der Waals surface area contributed by atoms with Crippen molar-refractivity contribution < 1.29 is 4.74 Å². The van der Waals surface area contributed by atoms with E-state index in [4.69, 9.17) is 4.74 Å². The maximum atomic E-state index is 5.76. The Balaban J connectivity index is 1.82. The van der Waals surface area contributed by atoms with Crippen molar-refractivity contribution in [3.63, 3.8) is 0 Å². The molecular formula is C16H25NO. The topological polar surface area (TPSA) is 21.3 Å². The number of hydrogen-bond donors (Lipinski definition) is 1. The minimum Gasteiger partial charge on any atom is -0.375 e. The minimum atomic E-state index is 0.0301. The van der Waals surface area contributed by atoms with E-state index in [1.54, 1.807) is 0 Å². The maximum absolute atomic E-state index is 5.76. The molecule has 100 valence electrons. The van der Waals surface area contributed by atoms with Crippen molar-refractivity contribution in [1.29, 1.82) is 0 Å². The molecule has 0 aliphatic carbocycles. The van der Waals surface area contributed by atoms with Crippen LogP contribution in [0, 0.1) is 0 Å². The van der Waals surface area contributed by atoms with Gasteiger partial charge in [0.2, 0.25) is 0 Å². The second kappa shape index (κ2) is 5.85. The van der Waals surface area contributed by atoms with Crippen molar-refractivity contribution in [1.82, 2.24) is 5.32 Å². The monoisotopic (exact) mass is 247 g/mol. The van der Waals surface area contributed by atoms with Crippen LogP contribution in [0.1, 0.15) is 39.2 Å². The molecule has 18 heavy (non-hydrogen) atoms. The van der Waals surface area contributed by atoms with Gasteiger partial charge in [0, 0.05) is 18.7 Å². The molecule has 0 unspecified atom stereocenters. The minimum absolute atomic E-state index is 0.0301. The molecule has 2 atom stereocenters. The highest BCUT2D eigenvalue weighted by atomic mass is 16.5. The molecule has 1 fully saturated rings. The van der Waals surface area contributed by atoms with Crippen LogP contribution in [0.2, 0.25) is 0 Å². The molecule has 1 heterocycles. The molecule has 1 N–H and O–H groups in total. The molecule has 0 aromatic heterocycles.